The van der Waals surface area contributed by atoms with Crippen molar-refractivity contribution in [3.05, 3.63) is 51.1 Å². The Hall–Kier alpha value is -1.63. The van der Waals surface area contributed by atoms with E-state index in [0.29, 0.717) is 0 Å². The summed E-state index contributed by atoms with van der Waals surface area (Å²) >= 11 is 3.39. The molecule has 4 nitrogen and oxygen atoms in total. The monoisotopic (exact) mass is 385 g/mol. The van der Waals surface area contributed by atoms with Crippen molar-refractivity contribution in [1.82, 2.24) is 14.5 Å². The van der Waals surface area contributed by atoms with E-state index < -0.39 is 0 Å². The molecule has 26 heavy (non-hydrogen) atoms. The van der Waals surface area contributed by atoms with E-state index in [1.807, 2.05) is 34.9 Å². The van der Waals surface area contributed by atoms with Crippen molar-refractivity contribution in [2.45, 2.75) is 37.9 Å². The minimum atomic E-state index is 0.0854. The molecule has 0 fully saturated rings. The highest BCUT2D eigenvalue weighted by atomic mass is 32.2. The summed E-state index contributed by atoms with van der Waals surface area (Å²) in [6.45, 7) is 4.10. The van der Waals surface area contributed by atoms with Gasteiger partial charge in [0.25, 0.3) is 5.56 Å². The van der Waals surface area contributed by atoms with Gasteiger partial charge in [0.05, 0.1) is 11.1 Å². The summed E-state index contributed by atoms with van der Waals surface area (Å²) in [6, 6.07) is 9.92. The molecule has 6 heteroatoms. The second kappa shape index (κ2) is 7.55. The molecule has 3 heterocycles. The van der Waals surface area contributed by atoms with Gasteiger partial charge in [-0.1, -0.05) is 43.3 Å². The summed E-state index contributed by atoms with van der Waals surface area (Å²) in [5.74, 6) is 0.981. The molecule has 0 aliphatic carbocycles. The maximum atomic E-state index is 13.5. The van der Waals surface area contributed by atoms with Crippen LogP contribution in [0.3, 0.4) is 0 Å². The van der Waals surface area contributed by atoms with Gasteiger partial charge in [0.2, 0.25) is 0 Å². The second-order valence-electron chi connectivity index (χ2n) is 6.74. The van der Waals surface area contributed by atoms with Gasteiger partial charge in [-0.05, 0) is 37.6 Å². The average Bonchev–Trinajstić information content (AvgIpc) is 3.00. The van der Waals surface area contributed by atoms with E-state index in [0.717, 1.165) is 59.2 Å². The molecule has 1 aromatic carbocycles. The zero-order valence-corrected chi connectivity index (χ0v) is 16.8. The number of unbranched alkanes of at least 4 members (excludes halogenated alkanes) is 1. The molecule has 0 bridgehead atoms. The van der Waals surface area contributed by atoms with Crippen LogP contribution in [0.2, 0.25) is 0 Å². The maximum Gasteiger partial charge on any atom is 0.267 e. The molecular weight excluding hydrogens is 362 g/mol. The van der Waals surface area contributed by atoms with Crippen molar-refractivity contribution < 1.29 is 0 Å². The van der Waals surface area contributed by atoms with E-state index in [2.05, 4.69) is 18.9 Å². The first-order chi connectivity index (χ1) is 12.7. The van der Waals surface area contributed by atoms with Gasteiger partial charge in [-0.25, -0.2) is 4.98 Å². The molecule has 0 atom stereocenters. The standard InChI is InChI=1S/C20H23N3OS2/c1-3-4-12-25-20-21-18-17(15-10-11-22(2)13-16(15)26-18)19(24)23(20)14-8-6-5-7-9-14/h5-9H,3-4,10-13H2,1-2H3. The Morgan fingerprint density at radius 2 is 2.08 bits per heavy atom. The van der Waals surface area contributed by atoms with Crippen LogP contribution in [0.4, 0.5) is 0 Å². The van der Waals surface area contributed by atoms with Gasteiger partial charge in [-0.15, -0.1) is 11.3 Å². The number of benzene rings is 1. The van der Waals surface area contributed by atoms with Crippen molar-refractivity contribution >= 4 is 33.3 Å². The highest BCUT2D eigenvalue weighted by molar-refractivity contribution is 7.99. The Morgan fingerprint density at radius 1 is 1.27 bits per heavy atom. The second-order valence-corrected chi connectivity index (χ2v) is 8.89. The molecule has 0 spiro atoms. The van der Waals surface area contributed by atoms with Crippen molar-refractivity contribution in [2.75, 3.05) is 19.3 Å². The van der Waals surface area contributed by atoms with Crippen LogP contribution in [-0.4, -0.2) is 33.8 Å². The number of hydrogen-bond donors (Lipinski definition) is 0. The van der Waals surface area contributed by atoms with E-state index in [1.165, 1.54) is 10.4 Å². The minimum absolute atomic E-state index is 0.0854. The number of para-hydroxylation sites is 1. The Kier molecular flexibility index (Phi) is 5.16. The number of thiophene rings is 1. The van der Waals surface area contributed by atoms with Gasteiger partial charge >= 0.3 is 0 Å². The lowest BCUT2D eigenvalue weighted by Gasteiger charge is -2.21. The van der Waals surface area contributed by atoms with Crippen LogP contribution in [0.1, 0.15) is 30.2 Å². The van der Waals surface area contributed by atoms with Crippen molar-refractivity contribution in [1.29, 1.82) is 0 Å². The number of fused-ring (bicyclic) bond motifs is 3. The quantitative estimate of drug-likeness (QED) is 0.372. The summed E-state index contributed by atoms with van der Waals surface area (Å²) < 4.78 is 1.81. The van der Waals surface area contributed by atoms with Crippen molar-refractivity contribution in [3.63, 3.8) is 0 Å². The van der Waals surface area contributed by atoms with E-state index in [4.69, 9.17) is 4.98 Å². The molecule has 1 aliphatic rings. The lowest BCUT2D eigenvalue weighted by atomic mass is 10.1. The number of rotatable bonds is 5. The third-order valence-electron chi connectivity index (χ3n) is 4.78. The molecule has 0 saturated carbocycles. The summed E-state index contributed by atoms with van der Waals surface area (Å²) in [5.41, 5.74) is 2.21. The topological polar surface area (TPSA) is 38.1 Å². The number of nitrogens with zero attached hydrogens (tertiary/aromatic N) is 3. The molecular formula is C20H23N3OS2. The zero-order valence-electron chi connectivity index (χ0n) is 15.2. The van der Waals surface area contributed by atoms with Crippen molar-refractivity contribution in [2.24, 2.45) is 0 Å². The van der Waals surface area contributed by atoms with E-state index in [-0.39, 0.29) is 5.56 Å². The van der Waals surface area contributed by atoms with Crippen molar-refractivity contribution in [3.8, 4) is 5.69 Å². The highest BCUT2D eigenvalue weighted by Gasteiger charge is 2.24. The number of hydrogen-bond acceptors (Lipinski definition) is 5. The molecule has 3 aromatic rings. The number of thioether (sulfide) groups is 1. The molecule has 4 rings (SSSR count). The largest absolute Gasteiger partial charge is 0.301 e. The first-order valence-electron chi connectivity index (χ1n) is 9.13. The van der Waals surface area contributed by atoms with Gasteiger partial charge in [-0.2, -0.15) is 0 Å². The van der Waals surface area contributed by atoms with Crippen LogP contribution < -0.4 is 5.56 Å². The molecule has 0 unspecified atom stereocenters. The van der Waals surface area contributed by atoms with E-state index in [1.54, 1.807) is 23.1 Å². The molecule has 0 saturated heterocycles. The summed E-state index contributed by atoms with van der Waals surface area (Å²) in [4.78, 5) is 23.0. The first-order valence-corrected chi connectivity index (χ1v) is 10.9. The van der Waals surface area contributed by atoms with Gasteiger partial charge < -0.3 is 4.90 Å². The summed E-state index contributed by atoms with van der Waals surface area (Å²) in [7, 11) is 2.13. The Balaban J connectivity index is 1.92. The molecule has 1 aliphatic heterocycles. The lowest BCUT2D eigenvalue weighted by molar-refractivity contribution is 0.318. The molecule has 136 valence electrons. The van der Waals surface area contributed by atoms with Crippen LogP contribution in [0.15, 0.2) is 40.3 Å². The Labute approximate surface area is 161 Å². The van der Waals surface area contributed by atoms with Crippen LogP contribution in [-0.2, 0) is 13.0 Å². The zero-order chi connectivity index (χ0) is 18.1. The molecule has 0 N–H and O–H groups in total. The van der Waals surface area contributed by atoms with E-state index in [9.17, 15) is 4.79 Å². The average molecular weight is 386 g/mol. The van der Waals surface area contributed by atoms with Gasteiger partial charge in [0, 0.05) is 23.7 Å². The first kappa shape index (κ1) is 17.8. The van der Waals surface area contributed by atoms with Gasteiger partial charge in [-0.3, -0.25) is 9.36 Å². The highest BCUT2D eigenvalue weighted by Crippen LogP contribution is 2.34. The SMILES string of the molecule is CCCCSc1nc2sc3c(c2c(=O)n1-c1ccccc1)CCN(C)C3. The molecule has 0 radical (unpaired) electrons. The van der Waals surface area contributed by atoms with Crippen LogP contribution in [0, 0.1) is 0 Å². The van der Waals surface area contributed by atoms with Crippen LogP contribution in [0.5, 0.6) is 0 Å². The molecule has 2 aromatic heterocycles. The fourth-order valence-electron chi connectivity index (χ4n) is 3.36. The third-order valence-corrected chi connectivity index (χ3v) is 6.91. The predicted octanol–water partition coefficient (Wildman–Crippen LogP) is 4.33. The van der Waals surface area contributed by atoms with Crippen LogP contribution >= 0.6 is 23.1 Å². The predicted molar refractivity (Wildman–Crippen MR) is 111 cm³/mol. The third kappa shape index (κ3) is 3.21. The van der Waals surface area contributed by atoms with Gasteiger partial charge in [0.15, 0.2) is 5.16 Å². The number of likely N-dealkylation sites (N-methyl/N-ethyl adjacent to an activating group) is 1. The fourth-order valence-corrected chi connectivity index (χ4v) is 5.80. The lowest BCUT2D eigenvalue weighted by Crippen LogP contribution is -2.27. The molecule has 0 amide bonds. The normalized spacial score (nSPS) is 14.7. The summed E-state index contributed by atoms with van der Waals surface area (Å²) in [6.07, 6.45) is 3.20. The smallest absolute Gasteiger partial charge is 0.267 e. The minimum Gasteiger partial charge on any atom is -0.301 e. The Bertz CT molecular complexity index is 978. The van der Waals surface area contributed by atoms with E-state index >= 15 is 0 Å². The van der Waals surface area contributed by atoms with Crippen LogP contribution in [0.25, 0.3) is 15.9 Å². The fraction of sp³-hybridized carbons (Fsp3) is 0.400. The maximum absolute atomic E-state index is 13.5. The number of aromatic nitrogens is 2. The Morgan fingerprint density at radius 3 is 2.85 bits per heavy atom. The summed E-state index contributed by atoms with van der Waals surface area (Å²) in [5, 5.41) is 1.65. The van der Waals surface area contributed by atoms with Gasteiger partial charge in [0.1, 0.15) is 4.83 Å².